The Bertz CT molecular complexity index is 1560. The summed E-state index contributed by atoms with van der Waals surface area (Å²) in [5, 5.41) is 34.8. The Labute approximate surface area is 351 Å². The number of rotatable bonds is 7. The number of amides is 1. The summed E-state index contributed by atoms with van der Waals surface area (Å²) >= 11 is 0. The second-order valence-electron chi connectivity index (χ2n) is 17.9. The van der Waals surface area contributed by atoms with E-state index < -0.39 is 83.9 Å². The van der Waals surface area contributed by atoms with E-state index in [1.807, 2.05) is 52.8 Å². The van der Waals surface area contributed by atoms with E-state index in [9.17, 15) is 34.5 Å². The summed E-state index contributed by atoms with van der Waals surface area (Å²) in [6.07, 6.45) is 5.29. The van der Waals surface area contributed by atoms with Gasteiger partial charge < -0.3 is 43.9 Å². The van der Waals surface area contributed by atoms with E-state index in [2.05, 4.69) is 6.92 Å². The monoisotopic (exact) mass is 832 g/mol. The van der Waals surface area contributed by atoms with Crippen molar-refractivity contribution in [3.05, 3.63) is 35.1 Å². The molecule has 2 saturated heterocycles. The highest BCUT2D eigenvalue weighted by molar-refractivity contribution is 6.39. The van der Waals surface area contributed by atoms with Crippen LogP contribution >= 0.6 is 0 Å². The number of ether oxygens (including phenoxy) is 5. The maximum absolute atomic E-state index is 14.4. The Kier molecular flexibility index (Phi) is 17.9. The van der Waals surface area contributed by atoms with Gasteiger partial charge in [-0.05, 0) is 115 Å². The number of piperidine rings is 1. The third kappa shape index (κ3) is 11.9. The minimum atomic E-state index is -2.51. The van der Waals surface area contributed by atoms with Crippen molar-refractivity contribution in [2.45, 2.75) is 181 Å². The molecule has 4 rings (SSSR count). The zero-order valence-electron chi connectivity index (χ0n) is 37.2. The molecule has 0 radical (unpaired) electrons. The van der Waals surface area contributed by atoms with Gasteiger partial charge in [-0.25, -0.2) is 4.79 Å². The highest BCUT2D eigenvalue weighted by atomic mass is 16.7. The summed E-state index contributed by atoms with van der Waals surface area (Å²) in [5.74, 6) is -6.90. The smallest absolute Gasteiger partial charge is 0.329 e. The van der Waals surface area contributed by atoms with Gasteiger partial charge in [0.1, 0.15) is 30.1 Å². The molecular formula is C46H73NO12. The van der Waals surface area contributed by atoms with Gasteiger partial charge >= 0.3 is 5.97 Å². The summed E-state index contributed by atoms with van der Waals surface area (Å²) in [5.41, 5.74) is 1.63. The largest absolute Gasteiger partial charge is 0.493 e. The second kappa shape index (κ2) is 21.7. The number of carbonyl (C=O) groups excluding carboxylic acids is 4. The van der Waals surface area contributed by atoms with Crippen LogP contribution in [-0.2, 0) is 42.9 Å². The second-order valence-corrected chi connectivity index (χ2v) is 17.9. The lowest BCUT2D eigenvalue weighted by atomic mass is 9.81. The minimum Gasteiger partial charge on any atom is -0.493 e. The summed E-state index contributed by atoms with van der Waals surface area (Å²) in [6.45, 7) is 15.0. The van der Waals surface area contributed by atoms with Crippen molar-refractivity contribution in [1.29, 1.82) is 0 Å². The zero-order valence-corrected chi connectivity index (χ0v) is 37.2. The van der Waals surface area contributed by atoms with Crippen LogP contribution in [0.5, 0.6) is 0 Å². The van der Waals surface area contributed by atoms with Gasteiger partial charge in [-0.2, -0.15) is 0 Å². The topological polar surface area (TPSA) is 178 Å². The molecule has 3 aliphatic heterocycles. The first-order valence-corrected chi connectivity index (χ1v) is 21.9. The number of Topliss-reactive ketones (excluding diaryl/α,β-unsaturated/α-hetero) is 2. The van der Waals surface area contributed by atoms with E-state index in [4.69, 9.17) is 23.7 Å². The molecule has 1 amide bonds. The van der Waals surface area contributed by atoms with Crippen LogP contribution < -0.4 is 0 Å². The molecular weight excluding hydrogens is 759 g/mol. The first kappa shape index (κ1) is 48.7. The zero-order chi connectivity index (χ0) is 43.8. The molecule has 0 aromatic carbocycles. The van der Waals surface area contributed by atoms with E-state index in [0.717, 1.165) is 11.3 Å². The third-order valence-corrected chi connectivity index (χ3v) is 13.3. The Morgan fingerprint density at radius 2 is 1.61 bits per heavy atom. The molecule has 3 N–H and O–H groups in total. The lowest BCUT2D eigenvalue weighted by Gasteiger charge is -2.47. The van der Waals surface area contributed by atoms with Gasteiger partial charge in [0.2, 0.25) is 5.79 Å². The van der Waals surface area contributed by atoms with E-state index in [1.54, 1.807) is 13.8 Å². The first-order chi connectivity index (χ1) is 27.9. The number of esters is 1. The van der Waals surface area contributed by atoms with Crippen molar-refractivity contribution < 1.29 is 58.2 Å². The molecule has 59 heavy (non-hydrogen) atoms. The van der Waals surface area contributed by atoms with Crippen LogP contribution in [0, 0.1) is 29.6 Å². The molecule has 0 aromatic rings. The van der Waals surface area contributed by atoms with Gasteiger partial charge in [0.25, 0.3) is 11.7 Å². The number of fused-ring (bicyclic) bond motifs is 3. The molecule has 14 atom stereocenters. The number of ketones is 2. The summed E-state index contributed by atoms with van der Waals surface area (Å²) < 4.78 is 30.2. The number of hydrogen-bond acceptors (Lipinski definition) is 12. The Morgan fingerprint density at radius 3 is 2.24 bits per heavy atom. The Balaban J connectivity index is 1.74. The van der Waals surface area contributed by atoms with Crippen LogP contribution in [0.2, 0.25) is 0 Å². The molecule has 0 spiro atoms. The summed E-state index contributed by atoms with van der Waals surface area (Å²) in [6, 6.07) is -1.14. The van der Waals surface area contributed by atoms with E-state index in [1.165, 1.54) is 19.1 Å². The predicted molar refractivity (Wildman–Crippen MR) is 222 cm³/mol. The van der Waals surface area contributed by atoms with Crippen molar-refractivity contribution in [2.75, 3.05) is 20.8 Å². The molecule has 0 aromatic heterocycles. The Hall–Kier alpha value is -2.94. The highest BCUT2D eigenvalue weighted by Crippen LogP contribution is 2.39. The number of cyclic esters (lactones) is 1. The number of methoxy groups -OCH3 is 2. The van der Waals surface area contributed by atoms with Gasteiger partial charge in [0.05, 0.1) is 30.2 Å². The fraction of sp³-hybridized carbons (Fsp3) is 0.783. The van der Waals surface area contributed by atoms with Gasteiger partial charge in [-0.15, -0.1) is 0 Å². The lowest BCUT2D eigenvalue weighted by molar-refractivity contribution is -0.302. The number of nitrogens with zero attached hydrogens (tertiary/aromatic N) is 1. The Morgan fingerprint density at radius 1 is 0.932 bits per heavy atom. The molecule has 4 aliphatic rings. The third-order valence-electron chi connectivity index (χ3n) is 13.3. The fourth-order valence-electron chi connectivity index (χ4n) is 9.59. The minimum absolute atomic E-state index is 0.0307. The van der Waals surface area contributed by atoms with Crippen molar-refractivity contribution >= 4 is 23.4 Å². The SMILES string of the molecule is CC=C(C)OC1CCC(C=C(C)C2OC(=O)C3CCCCN3C(=O)C(=O)C3(O)OC(C(OC)CC(C)C/C(C)=C/C(CC)C(=O)CC(O)C2C)C(OC)CC3C)CC1O. The molecule has 2 bridgehead atoms. The first-order valence-electron chi connectivity index (χ1n) is 21.9. The molecule has 1 saturated carbocycles. The molecule has 334 valence electrons. The van der Waals surface area contributed by atoms with Crippen LogP contribution in [0.3, 0.4) is 0 Å². The van der Waals surface area contributed by atoms with Gasteiger partial charge in [-0.1, -0.05) is 45.4 Å². The van der Waals surface area contributed by atoms with E-state index in [0.29, 0.717) is 56.9 Å². The van der Waals surface area contributed by atoms with Crippen LogP contribution in [0.4, 0.5) is 0 Å². The lowest BCUT2D eigenvalue weighted by Crippen LogP contribution is -2.64. The maximum atomic E-state index is 14.4. The maximum Gasteiger partial charge on any atom is 0.329 e. The molecule has 1 aliphatic carbocycles. The van der Waals surface area contributed by atoms with Gasteiger partial charge in [0, 0.05) is 44.9 Å². The van der Waals surface area contributed by atoms with Crippen LogP contribution in [0.15, 0.2) is 35.1 Å². The molecule has 13 heteroatoms. The van der Waals surface area contributed by atoms with Crippen LogP contribution in [-0.4, -0.2) is 119 Å². The van der Waals surface area contributed by atoms with Gasteiger partial charge in [0.15, 0.2) is 0 Å². The van der Waals surface area contributed by atoms with Crippen molar-refractivity contribution in [1.82, 2.24) is 4.90 Å². The van der Waals surface area contributed by atoms with Crippen molar-refractivity contribution in [3.63, 3.8) is 0 Å². The molecule has 13 nitrogen and oxygen atoms in total. The standard InChI is InChI=1S/C46H73NO12/c1-11-30(7)57-38-17-16-32(24-37(38)50)22-28(5)41-31(8)35(48)25-36(49)33(12-2)20-26(3)19-27(4)21-39(55-9)42-40(56-10)23-29(6)46(54,59-42)43(51)44(52)47-18-14-13-15-34(47)45(53)58-41/h11,20,22,27,29,31-35,37-42,48,50,54H,12-19,21,23-25H2,1-10H3/b26-20+,28-22?,30-11?. The molecule has 3 fully saturated rings. The molecule has 14 unspecified atom stereocenters. The summed E-state index contributed by atoms with van der Waals surface area (Å²) in [4.78, 5) is 57.9. The average Bonchev–Trinajstić information content (AvgIpc) is 3.21. The normalized spacial score (nSPS) is 40.3. The number of hydrogen-bond donors (Lipinski definition) is 3. The average molecular weight is 832 g/mol. The molecule has 3 heterocycles. The number of carbonyl (C=O) groups is 4. The van der Waals surface area contributed by atoms with Gasteiger partial charge in [-0.3, -0.25) is 14.4 Å². The number of aliphatic hydroxyl groups excluding tert-OH is 2. The van der Waals surface area contributed by atoms with E-state index >= 15 is 0 Å². The van der Waals surface area contributed by atoms with E-state index in [-0.39, 0.29) is 49.5 Å². The number of aliphatic hydroxyl groups is 3. The predicted octanol–water partition coefficient (Wildman–Crippen LogP) is 5.77. The van der Waals surface area contributed by atoms with Crippen molar-refractivity contribution in [2.24, 2.45) is 29.6 Å². The highest BCUT2D eigenvalue weighted by Gasteiger charge is 2.56. The fourth-order valence-corrected chi connectivity index (χ4v) is 9.59. The number of allylic oxidation sites excluding steroid dienone is 5. The summed E-state index contributed by atoms with van der Waals surface area (Å²) in [7, 11) is 3.06. The quantitative estimate of drug-likeness (QED) is 0.122. The van der Waals surface area contributed by atoms with Crippen LogP contribution in [0.1, 0.15) is 126 Å². The van der Waals surface area contributed by atoms with Crippen molar-refractivity contribution in [3.8, 4) is 0 Å². The van der Waals surface area contributed by atoms with Crippen LogP contribution in [0.25, 0.3) is 0 Å².